The smallest absolute Gasteiger partial charge is 0.251 e. The van der Waals surface area contributed by atoms with E-state index < -0.39 is 0 Å². The zero-order chi connectivity index (χ0) is 11.8. The minimum Gasteiger partial charge on any atom is -0.342 e. The molecule has 1 N–H and O–H groups in total. The summed E-state index contributed by atoms with van der Waals surface area (Å²) in [5.41, 5.74) is 0.628. The van der Waals surface area contributed by atoms with Crippen molar-refractivity contribution in [3.63, 3.8) is 0 Å². The average molecular weight is 229 g/mol. The Kier molecular flexibility index (Phi) is 2.46. The van der Waals surface area contributed by atoms with Crippen molar-refractivity contribution in [1.29, 1.82) is 0 Å². The summed E-state index contributed by atoms with van der Waals surface area (Å²) in [6.45, 7) is 0. The third-order valence-corrected chi connectivity index (χ3v) is 3.98. The van der Waals surface area contributed by atoms with Crippen molar-refractivity contribution in [2.45, 2.75) is 25.3 Å². The van der Waals surface area contributed by atoms with Gasteiger partial charge >= 0.3 is 0 Å². The Morgan fingerprint density at radius 3 is 2.59 bits per heavy atom. The first kappa shape index (κ1) is 10.5. The lowest BCUT2D eigenvalue weighted by Gasteiger charge is -2.21. The number of nitrogens with one attached hydrogen (secondary N) is 1. The number of amides is 1. The summed E-state index contributed by atoms with van der Waals surface area (Å²) >= 11 is 0. The number of Topliss-reactive ketones (excluding diaryl/α,β-unsaturated/α-hetero) is 1. The fourth-order valence-electron chi connectivity index (χ4n) is 3.07. The largest absolute Gasteiger partial charge is 0.342 e. The number of carbonyl (C=O) groups excluding carboxylic acids is 2. The molecule has 3 rings (SSSR count). The predicted octanol–water partition coefficient (Wildman–Crippen LogP) is 1.78. The molecule has 2 aliphatic rings. The first-order valence-electron chi connectivity index (χ1n) is 6.15. The van der Waals surface area contributed by atoms with E-state index in [0.29, 0.717) is 11.5 Å². The Hall–Kier alpha value is -1.64. The predicted molar refractivity (Wildman–Crippen MR) is 63.5 cm³/mol. The molecule has 2 saturated carbocycles. The minimum absolute atomic E-state index is 0.128. The van der Waals surface area contributed by atoms with E-state index in [-0.39, 0.29) is 23.7 Å². The topological polar surface area (TPSA) is 46.2 Å². The second-order valence-corrected chi connectivity index (χ2v) is 4.99. The summed E-state index contributed by atoms with van der Waals surface area (Å²) < 4.78 is 0. The van der Waals surface area contributed by atoms with Gasteiger partial charge in [-0.15, -0.1) is 0 Å². The molecule has 1 aromatic carbocycles. The van der Waals surface area contributed by atoms with Crippen LogP contribution in [0.5, 0.6) is 0 Å². The summed E-state index contributed by atoms with van der Waals surface area (Å²) in [4.78, 5) is 23.9. The van der Waals surface area contributed by atoms with Gasteiger partial charge in [-0.1, -0.05) is 18.2 Å². The van der Waals surface area contributed by atoms with Crippen LogP contribution in [0.15, 0.2) is 30.3 Å². The van der Waals surface area contributed by atoms with Crippen LogP contribution in [0.3, 0.4) is 0 Å². The second kappa shape index (κ2) is 3.99. The summed E-state index contributed by atoms with van der Waals surface area (Å²) in [6.07, 6.45) is 3.07. The van der Waals surface area contributed by atoms with Crippen LogP contribution in [0.25, 0.3) is 0 Å². The fourth-order valence-corrected chi connectivity index (χ4v) is 3.07. The van der Waals surface area contributed by atoms with Crippen LogP contribution >= 0.6 is 0 Å². The molecule has 2 aliphatic carbocycles. The van der Waals surface area contributed by atoms with Crippen LogP contribution in [0, 0.1) is 11.8 Å². The van der Waals surface area contributed by atoms with E-state index >= 15 is 0 Å². The zero-order valence-corrected chi connectivity index (χ0v) is 9.56. The average Bonchev–Trinajstić information content (AvgIpc) is 2.94. The lowest BCUT2D eigenvalue weighted by Crippen LogP contribution is -2.44. The van der Waals surface area contributed by atoms with E-state index in [0.717, 1.165) is 19.3 Å². The van der Waals surface area contributed by atoms with Crippen LogP contribution in [0.2, 0.25) is 0 Å². The molecule has 0 aromatic heterocycles. The van der Waals surface area contributed by atoms with Crippen LogP contribution in [0.1, 0.15) is 29.6 Å². The molecule has 0 heterocycles. The highest BCUT2D eigenvalue weighted by atomic mass is 16.2. The Morgan fingerprint density at radius 1 is 1.18 bits per heavy atom. The number of hydrogen-bond donors (Lipinski definition) is 1. The van der Waals surface area contributed by atoms with Gasteiger partial charge in [-0.2, -0.15) is 0 Å². The number of ketones is 1. The Labute approximate surface area is 100 Å². The molecule has 2 bridgehead atoms. The van der Waals surface area contributed by atoms with Gasteiger partial charge in [-0.25, -0.2) is 0 Å². The molecular weight excluding hydrogens is 214 g/mol. The molecule has 0 unspecified atom stereocenters. The molecule has 1 aromatic rings. The summed E-state index contributed by atoms with van der Waals surface area (Å²) in [5.74, 6) is 0.697. The van der Waals surface area contributed by atoms with Gasteiger partial charge in [0.05, 0.1) is 6.04 Å². The Morgan fingerprint density at radius 2 is 1.94 bits per heavy atom. The standard InChI is InChI=1S/C14H15NO2/c16-13-11-7-6-10(8-11)12(13)15-14(17)9-4-2-1-3-5-9/h1-5,10-12H,6-8H2,(H,15,17)/t10-,11+,12-/m1/s1. The van der Waals surface area contributed by atoms with E-state index in [2.05, 4.69) is 5.32 Å². The van der Waals surface area contributed by atoms with Crippen molar-refractivity contribution in [1.82, 2.24) is 5.32 Å². The Bertz CT molecular complexity index is 455. The van der Waals surface area contributed by atoms with E-state index in [9.17, 15) is 9.59 Å². The van der Waals surface area contributed by atoms with E-state index in [1.54, 1.807) is 12.1 Å². The molecule has 17 heavy (non-hydrogen) atoms. The summed E-state index contributed by atoms with van der Waals surface area (Å²) in [5, 5.41) is 2.89. The maximum atomic E-state index is 12.0. The van der Waals surface area contributed by atoms with Crippen molar-refractivity contribution in [2.75, 3.05) is 0 Å². The maximum absolute atomic E-state index is 12.0. The molecule has 0 spiro atoms. The molecule has 2 fully saturated rings. The first-order valence-corrected chi connectivity index (χ1v) is 6.15. The molecule has 0 aliphatic heterocycles. The lowest BCUT2D eigenvalue weighted by molar-refractivity contribution is -0.123. The van der Waals surface area contributed by atoms with Crippen LogP contribution in [-0.2, 0) is 4.79 Å². The van der Waals surface area contributed by atoms with E-state index in [4.69, 9.17) is 0 Å². The maximum Gasteiger partial charge on any atom is 0.251 e. The first-order chi connectivity index (χ1) is 8.25. The minimum atomic E-state index is -0.235. The van der Waals surface area contributed by atoms with Crippen molar-refractivity contribution in [3.05, 3.63) is 35.9 Å². The van der Waals surface area contributed by atoms with Gasteiger partial charge in [0.1, 0.15) is 0 Å². The quantitative estimate of drug-likeness (QED) is 0.840. The van der Waals surface area contributed by atoms with Crippen LogP contribution in [-0.4, -0.2) is 17.7 Å². The highest BCUT2D eigenvalue weighted by Gasteiger charge is 2.47. The summed E-state index contributed by atoms with van der Waals surface area (Å²) in [6, 6.07) is 8.84. The van der Waals surface area contributed by atoms with E-state index in [1.807, 2.05) is 18.2 Å². The van der Waals surface area contributed by atoms with Crippen molar-refractivity contribution in [3.8, 4) is 0 Å². The van der Waals surface area contributed by atoms with Crippen LogP contribution < -0.4 is 5.32 Å². The van der Waals surface area contributed by atoms with Crippen molar-refractivity contribution in [2.24, 2.45) is 11.8 Å². The van der Waals surface area contributed by atoms with Gasteiger partial charge in [0.25, 0.3) is 5.91 Å². The zero-order valence-electron chi connectivity index (χ0n) is 9.56. The molecular formula is C14H15NO2. The van der Waals surface area contributed by atoms with E-state index in [1.165, 1.54) is 0 Å². The SMILES string of the molecule is O=C(N[C@H]1C(=O)[C@H]2CC[C@@H]1C2)c1ccccc1. The number of hydrogen-bond acceptors (Lipinski definition) is 2. The third kappa shape index (κ3) is 1.75. The number of benzene rings is 1. The molecule has 1 amide bonds. The highest BCUT2D eigenvalue weighted by Crippen LogP contribution is 2.42. The molecule has 3 heteroatoms. The number of fused-ring (bicyclic) bond motifs is 2. The van der Waals surface area contributed by atoms with Gasteiger partial charge in [0, 0.05) is 11.5 Å². The van der Waals surface area contributed by atoms with Gasteiger partial charge < -0.3 is 5.32 Å². The number of carbonyl (C=O) groups is 2. The number of rotatable bonds is 2. The van der Waals surface area contributed by atoms with Crippen molar-refractivity contribution < 1.29 is 9.59 Å². The molecule has 0 radical (unpaired) electrons. The van der Waals surface area contributed by atoms with Gasteiger partial charge in [0.15, 0.2) is 5.78 Å². The van der Waals surface area contributed by atoms with Crippen LogP contribution in [0.4, 0.5) is 0 Å². The molecule has 88 valence electrons. The highest BCUT2D eigenvalue weighted by molar-refractivity contribution is 5.99. The second-order valence-electron chi connectivity index (χ2n) is 4.99. The fraction of sp³-hybridized carbons (Fsp3) is 0.429. The molecule has 3 atom stereocenters. The van der Waals surface area contributed by atoms with Gasteiger partial charge in [0.2, 0.25) is 0 Å². The van der Waals surface area contributed by atoms with Crippen molar-refractivity contribution >= 4 is 11.7 Å². The monoisotopic (exact) mass is 229 g/mol. The Balaban J connectivity index is 1.72. The summed E-state index contributed by atoms with van der Waals surface area (Å²) in [7, 11) is 0. The van der Waals surface area contributed by atoms with Gasteiger partial charge in [-0.3, -0.25) is 9.59 Å². The normalized spacial score (nSPS) is 30.6. The molecule has 3 nitrogen and oxygen atoms in total. The van der Waals surface area contributed by atoms with Gasteiger partial charge in [-0.05, 0) is 37.3 Å². The lowest BCUT2D eigenvalue weighted by atomic mass is 9.94. The molecule has 0 saturated heterocycles. The third-order valence-electron chi connectivity index (χ3n) is 3.98.